The molecule has 2 heterocycles. The molecule has 2 amide bonds. The van der Waals surface area contributed by atoms with Crippen LogP contribution in [-0.2, 0) is 21.2 Å². The van der Waals surface area contributed by atoms with E-state index >= 15 is 0 Å². The van der Waals surface area contributed by atoms with Crippen molar-refractivity contribution in [3.8, 4) is 11.1 Å². The molecule has 196 valence electrons. The van der Waals surface area contributed by atoms with Crippen LogP contribution in [0.3, 0.4) is 0 Å². The van der Waals surface area contributed by atoms with Crippen LogP contribution in [0.4, 0.5) is 5.69 Å². The molecule has 2 aliphatic rings. The second-order valence-electron chi connectivity index (χ2n) is 9.74. The van der Waals surface area contributed by atoms with Crippen molar-refractivity contribution in [2.75, 3.05) is 31.6 Å². The third-order valence-corrected chi connectivity index (χ3v) is 7.52. The summed E-state index contributed by atoms with van der Waals surface area (Å²) in [5.74, 6) is 0.190. The number of rotatable bonds is 9. The molecule has 0 spiro atoms. The maximum Gasteiger partial charge on any atom is 0.254 e. The minimum absolute atomic E-state index is 0.00231. The molecular weight excluding hydrogens is 488 g/mol. The third-order valence-electron chi connectivity index (χ3n) is 6.59. The van der Waals surface area contributed by atoms with Crippen LogP contribution in [0.5, 0.6) is 0 Å². The predicted molar refractivity (Wildman–Crippen MR) is 147 cm³/mol. The maximum atomic E-state index is 13.2. The molecule has 0 radical (unpaired) electrons. The third kappa shape index (κ3) is 6.10. The number of carbonyl (C=O) groups excluding carboxylic acids is 2. The van der Waals surface area contributed by atoms with Gasteiger partial charge in [0.1, 0.15) is 15.7 Å². The van der Waals surface area contributed by atoms with Gasteiger partial charge in [0, 0.05) is 55.6 Å². The number of carbonyl (C=O) groups is 2. The number of hydrogen-bond donors (Lipinski definition) is 1. The SMILES string of the molecule is CCCN(CCC)C(=O)C1=Cc2ccc(-c3ccc4c(c3)CN(CCS(C)(=O)=O)C4=O)cc2N=C(N)C1. The molecule has 0 bridgehead atoms. The summed E-state index contributed by atoms with van der Waals surface area (Å²) in [6.07, 6.45) is 5.16. The molecule has 37 heavy (non-hydrogen) atoms. The highest BCUT2D eigenvalue weighted by Crippen LogP contribution is 2.34. The number of benzene rings is 2. The number of fused-ring (bicyclic) bond motifs is 2. The Morgan fingerprint density at radius 2 is 1.76 bits per heavy atom. The molecule has 0 aliphatic carbocycles. The van der Waals surface area contributed by atoms with Crippen molar-refractivity contribution in [2.24, 2.45) is 10.7 Å². The Labute approximate surface area is 218 Å². The molecule has 0 fully saturated rings. The highest BCUT2D eigenvalue weighted by molar-refractivity contribution is 7.90. The fourth-order valence-corrected chi connectivity index (χ4v) is 5.33. The zero-order valence-corrected chi connectivity index (χ0v) is 22.5. The van der Waals surface area contributed by atoms with Crippen LogP contribution < -0.4 is 5.73 Å². The molecule has 0 saturated carbocycles. The fourth-order valence-electron chi connectivity index (χ4n) is 4.78. The Morgan fingerprint density at radius 3 is 2.43 bits per heavy atom. The molecule has 4 rings (SSSR count). The number of aliphatic imine (C=N–C) groups is 1. The molecule has 0 saturated heterocycles. The average Bonchev–Trinajstić information content (AvgIpc) is 3.05. The molecule has 8 nitrogen and oxygen atoms in total. The van der Waals surface area contributed by atoms with Crippen LogP contribution >= 0.6 is 0 Å². The summed E-state index contributed by atoms with van der Waals surface area (Å²) in [5.41, 5.74) is 11.7. The first kappa shape index (κ1) is 26.6. The molecule has 2 N–H and O–H groups in total. The van der Waals surface area contributed by atoms with Gasteiger partial charge < -0.3 is 15.5 Å². The van der Waals surface area contributed by atoms with Crippen LogP contribution in [-0.4, -0.2) is 67.5 Å². The number of sulfone groups is 1. The van der Waals surface area contributed by atoms with E-state index in [0.29, 0.717) is 48.7 Å². The van der Waals surface area contributed by atoms with E-state index in [-0.39, 0.29) is 24.1 Å². The molecule has 0 aromatic heterocycles. The van der Waals surface area contributed by atoms with E-state index in [9.17, 15) is 18.0 Å². The normalized spacial score (nSPS) is 15.0. The van der Waals surface area contributed by atoms with E-state index in [1.54, 1.807) is 11.0 Å². The Kier molecular flexibility index (Phi) is 7.82. The van der Waals surface area contributed by atoms with Gasteiger partial charge in [0.15, 0.2) is 0 Å². The van der Waals surface area contributed by atoms with Crippen molar-refractivity contribution in [3.05, 3.63) is 58.7 Å². The average molecular weight is 523 g/mol. The highest BCUT2D eigenvalue weighted by Gasteiger charge is 2.28. The smallest absolute Gasteiger partial charge is 0.254 e. The fraction of sp³-hybridized carbons (Fsp3) is 0.393. The maximum absolute atomic E-state index is 13.2. The largest absolute Gasteiger partial charge is 0.387 e. The van der Waals surface area contributed by atoms with Gasteiger partial charge in [-0.2, -0.15) is 0 Å². The van der Waals surface area contributed by atoms with E-state index in [2.05, 4.69) is 18.8 Å². The Bertz CT molecular complexity index is 1390. The van der Waals surface area contributed by atoms with Gasteiger partial charge >= 0.3 is 0 Å². The number of amidine groups is 1. The van der Waals surface area contributed by atoms with Crippen molar-refractivity contribution in [2.45, 2.75) is 39.7 Å². The lowest BCUT2D eigenvalue weighted by Crippen LogP contribution is -2.34. The van der Waals surface area contributed by atoms with Crippen molar-refractivity contribution in [1.29, 1.82) is 0 Å². The van der Waals surface area contributed by atoms with E-state index < -0.39 is 9.84 Å². The standard InChI is InChI=1S/C28H34N4O4S/c1-4-10-31(11-5-2)27(33)22-15-21-7-6-20(16-25(21)30-26(29)17-22)19-8-9-24-23(14-19)18-32(28(24)34)12-13-37(3,35)36/h6-9,14-16H,4-5,10-13,17-18H2,1-3H3,(H2,29,30). The lowest BCUT2D eigenvalue weighted by atomic mass is 9.98. The second-order valence-corrected chi connectivity index (χ2v) is 12.0. The number of nitrogens with zero attached hydrogens (tertiary/aromatic N) is 3. The zero-order chi connectivity index (χ0) is 26.7. The second kappa shape index (κ2) is 10.9. The zero-order valence-electron chi connectivity index (χ0n) is 21.7. The first-order valence-corrected chi connectivity index (χ1v) is 14.7. The molecule has 9 heteroatoms. The van der Waals surface area contributed by atoms with Crippen molar-refractivity contribution >= 4 is 39.3 Å². The van der Waals surface area contributed by atoms with Gasteiger partial charge in [-0.1, -0.05) is 32.0 Å². The molecule has 0 atom stereocenters. The van der Waals surface area contributed by atoms with Crippen molar-refractivity contribution in [3.63, 3.8) is 0 Å². The van der Waals surface area contributed by atoms with E-state index in [0.717, 1.165) is 35.1 Å². The predicted octanol–water partition coefficient (Wildman–Crippen LogP) is 3.78. The molecule has 0 unspecified atom stereocenters. The summed E-state index contributed by atoms with van der Waals surface area (Å²) in [5, 5.41) is 0. The minimum atomic E-state index is -3.16. The van der Waals surface area contributed by atoms with Gasteiger partial charge in [-0.15, -0.1) is 0 Å². The minimum Gasteiger partial charge on any atom is -0.387 e. The molecule has 2 aromatic carbocycles. The van der Waals surface area contributed by atoms with Crippen LogP contribution in [0.15, 0.2) is 47.0 Å². The molecule has 2 aromatic rings. The van der Waals surface area contributed by atoms with Crippen LogP contribution in [0.2, 0.25) is 0 Å². The van der Waals surface area contributed by atoms with Gasteiger partial charge in [0.05, 0.1) is 11.4 Å². The Morgan fingerprint density at radius 1 is 1.08 bits per heavy atom. The van der Waals surface area contributed by atoms with Gasteiger partial charge in [-0.05, 0) is 53.8 Å². The van der Waals surface area contributed by atoms with Crippen LogP contribution in [0.25, 0.3) is 17.2 Å². The van der Waals surface area contributed by atoms with Gasteiger partial charge in [0.25, 0.3) is 5.91 Å². The first-order valence-electron chi connectivity index (χ1n) is 12.7. The highest BCUT2D eigenvalue weighted by atomic mass is 32.2. The molecular formula is C28H34N4O4S. The summed E-state index contributed by atoms with van der Waals surface area (Å²) in [4.78, 5) is 34.0. The summed E-state index contributed by atoms with van der Waals surface area (Å²) in [6, 6.07) is 11.5. The van der Waals surface area contributed by atoms with Crippen LogP contribution in [0.1, 0.15) is 54.6 Å². The van der Waals surface area contributed by atoms with Crippen molar-refractivity contribution < 1.29 is 18.0 Å². The topological polar surface area (TPSA) is 113 Å². The van der Waals surface area contributed by atoms with Crippen molar-refractivity contribution in [1.82, 2.24) is 9.80 Å². The first-order chi connectivity index (χ1) is 17.6. The van der Waals surface area contributed by atoms with E-state index in [1.807, 2.05) is 41.3 Å². The lowest BCUT2D eigenvalue weighted by Gasteiger charge is -2.22. The monoisotopic (exact) mass is 522 g/mol. The van der Waals surface area contributed by atoms with Gasteiger partial charge in [-0.25, -0.2) is 13.4 Å². The van der Waals surface area contributed by atoms with Crippen LogP contribution in [0, 0.1) is 0 Å². The summed E-state index contributed by atoms with van der Waals surface area (Å²) < 4.78 is 23.1. The quantitative estimate of drug-likeness (QED) is 0.539. The number of nitrogens with two attached hydrogens (primary N) is 1. The van der Waals surface area contributed by atoms with Gasteiger partial charge in [-0.3, -0.25) is 9.59 Å². The lowest BCUT2D eigenvalue weighted by molar-refractivity contribution is -0.127. The molecule has 2 aliphatic heterocycles. The summed E-state index contributed by atoms with van der Waals surface area (Å²) >= 11 is 0. The van der Waals surface area contributed by atoms with Gasteiger partial charge in [0.2, 0.25) is 5.91 Å². The number of hydrogen-bond acceptors (Lipinski definition) is 6. The number of amides is 2. The van der Waals surface area contributed by atoms with E-state index in [4.69, 9.17) is 5.73 Å². The Balaban J connectivity index is 1.60. The Hall–Kier alpha value is -3.46. The summed E-state index contributed by atoms with van der Waals surface area (Å²) in [7, 11) is -3.16. The van der Waals surface area contributed by atoms with E-state index in [1.165, 1.54) is 6.26 Å². The summed E-state index contributed by atoms with van der Waals surface area (Å²) in [6.45, 7) is 6.10.